The number of hydrogen-bond donors (Lipinski definition) is 3. The predicted molar refractivity (Wildman–Crippen MR) is 109 cm³/mol. The van der Waals surface area contributed by atoms with Crippen molar-refractivity contribution in [2.45, 2.75) is 6.54 Å². The summed E-state index contributed by atoms with van der Waals surface area (Å²) in [7, 11) is 1.48. The van der Waals surface area contributed by atoms with Crippen LogP contribution in [0.15, 0.2) is 33.9 Å². The van der Waals surface area contributed by atoms with Gasteiger partial charge in [0.2, 0.25) is 0 Å². The lowest BCUT2D eigenvalue weighted by Gasteiger charge is -2.35. The minimum absolute atomic E-state index is 0.0409. The van der Waals surface area contributed by atoms with Gasteiger partial charge >= 0.3 is 5.69 Å². The van der Waals surface area contributed by atoms with E-state index in [4.69, 9.17) is 10.5 Å². The number of phenolic OH excluding ortho intramolecular Hbond substituents is 1. The Labute approximate surface area is 167 Å². The summed E-state index contributed by atoms with van der Waals surface area (Å²) < 4.78 is 6.08. The smallest absolute Gasteiger partial charge is 0.330 e. The van der Waals surface area contributed by atoms with Crippen LogP contribution < -0.4 is 21.9 Å². The van der Waals surface area contributed by atoms with Crippen molar-refractivity contribution < 1.29 is 14.6 Å². The number of nitrogen functional groups attached to an aromatic ring is 1. The summed E-state index contributed by atoms with van der Waals surface area (Å²) in [5, 5.41) is 9.40. The van der Waals surface area contributed by atoms with E-state index in [0.717, 1.165) is 10.3 Å². The number of hydrogen-bond acceptors (Lipinski definition) is 8. The van der Waals surface area contributed by atoms with Gasteiger partial charge in [0.15, 0.2) is 5.78 Å². The first-order valence-corrected chi connectivity index (χ1v) is 9.31. The zero-order valence-electron chi connectivity index (χ0n) is 16.3. The van der Waals surface area contributed by atoms with Gasteiger partial charge in [0, 0.05) is 39.0 Å². The van der Waals surface area contributed by atoms with Crippen molar-refractivity contribution >= 4 is 17.3 Å². The third-order valence-electron chi connectivity index (χ3n) is 4.99. The Morgan fingerprint density at radius 2 is 1.83 bits per heavy atom. The number of carbonyl (C=O) groups excluding carboxylic acids is 1. The third kappa shape index (κ3) is 4.66. The zero-order chi connectivity index (χ0) is 21.0. The second-order valence-electron chi connectivity index (χ2n) is 6.87. The standard InChI is InChI=1S/C19H25N5O5/c1-29-11-10-24-17(20)16(18(27)21-19(24)28)15(26)12-22-6-8-23(9-7-22)13-2-4-14(25)5-3-13/h2-5,25H,6-12,20H2,1H3,(H,21,27,28). The van der Waals surface area contributed by atoms with Gasteiger partial charge in [-0.1, -0.05) is 0 Å². The average Bonchev–Trinajstić information content (AvgIpc) is 2.69. The van der Waals surface area contributed by atoms with Crippen molar-refractivity contribution in [2.75, 3.05) is 57.1 Å². The quantitative estimate of drug-likeness (QED) is 0.526. The molecule has 10 heteroatoms. The Balaban J connectivity index is 1.67. The summed E-state index contributed by atoms with van der Waals surface area (Å²) in [5.74, 6) is -0.343. The molecule has 0 amide bonds. The number of rotatable bonds is 7. The minimum Gasteiger partial charge on any atom is -0.508 e. The molecular formula is C19H25N5O5. The summed E-state index contributed by atoms with van der Waals surface area (Å²) in [6.07, 6.45) is 0. The summed E-state index contributed by atoms with van der Waals surface area (Å²) in [4.78, 5) is 43.2. The Bertz CT molecular complexity index is 974. The second-order valence-corrected chi connectivity index (χ2v) is 6.87. The van der Waals surface area contributed by atoms with Gasteiger partial charge in [-0.2, -0.15) is 0 Å². The van der Waals surface area contributed by atoms with E-state index in [-0.39, 0.29) is 36.8 Å². The summed E-state index contributed by atoms with van der Waals surface area (Å²) >= 11 is 0. The molecule has 0 spiro atoms. The highest BCUT2D eigenvalue weighted by Crippen LogP contribution is 2.20. The van der Waals surface area contributed by atoms with Gasteiger partial charge in [0.25, 0.3) is 5.56 Å². The lowest BCUT2D eigenvalue weighted by Crippen LogP contribution is -2.48. The molecule has 0 atom stereocenters. The number of nitrogens with one attached hydrogen (secondary N) is 1. The van der Waals surface area contributed by atoms with E-state index in [1.807, 2.05) is 17.0 Å². The molecule has 1 aromatic heterocycles. The largest absolute Gasteiger partial charge is 0.508 e. The molecule has 1 saturated heterocycles. The summed E-state index contributed by atoms with van der Waals surface area (Å²) in [6.45, 7) is 3.08. The number of benzene rings is 1. The zero-order valence-corrected chi connectivity index (χ0v) is 16.3. The topological polar surface area (TPSA) is 134 Å². The number of aromatic amines is 1. The van der Waals surface area contributed by atoms with Crippen LogP contribution in [-0.4, -0.2) is 71.8 Å². The fourth-order valence-electron chi connectivity index (χ4n) is 3.37. The fourth-order valence-corrected chi connectivity index (χ4v) is 3.37. The van der Waals surface area contributed by atoms with Crippen LogP contribution in [0, 0.1) is 0 Å². The van der Waals surface area contributed by atoms with Crippen molar-refractivity contribution in [3.05, 3.63) is 50.7 Å². The molecule has 0 saturated carbocycles. The van der Waals surface area contributed by atoms with Gasteiger partial charge in [-0.25, -0.2) is 4.79 Å². The molecule has 2 aromatic rings. The summed E-state index contributed by atoms with van der Waals surface area (Å²) in [6, 6.07) is 6.97. The number of nitrogens with zero attached hydrogens (tertiary/aromatic N) is 3. The van der Waals surface area contributed by atoms with Crippen LogP contribution in [0.5, 0.6) is 5.75 Å². The Kier molecular flexibility index (Phi) is 6.35. The van der Waals surface area contributed by atoms with Crippen molar-refractivity contribution in [2.24, 2.45) is 0 Å². The van der Waals surface area contributed by atoms with E-state index in [1.54, 1.807) is 12.1 Å². The molecule has 1 aromatic carbocycles. The van der Waals surface area contributed by atoms with Gasteiger partial charge in [-0.05, 0) is 24.3 Å². The average molecular weight is 403 g/mol. The van der Waals surface area contributed by atoms with Crippen molar-refractivity contribution in [3.63, 3.8) is 0 Å². The van der Waals surface area contributed by atoms with Crippen LogP contribution >= 0.6 is 0 Å². The number of piperazine rings is 1. The molecule has 156 valence electrons. The molecule has 4 N–H and O–H groups in total. The lowest BCUT2D eigenvalue weighted by molar-refractivity contribution is 0.0924. The van der Waals surface area contributed by atoms with E-state index in [2.05, 4.69) is 9.88 Å². The molecule has 10 nitrogen and oxygen atoms in total. The normalized spacial score (nSPS) is 14.9. The first-order valence-electron chi connectivity index (χ1n) is 9.31. The van der Waals surface area contributed by atoms with Crippen molar-refractivity contribution in [1.82, 2.24) is 14.5 Å². The Morgan fingerprint density at radius 1 is 1.17 bits per heavy atom. The number of nitrogens with two attached hydrogens (primary N) is 1. The van der Waals surface area contributed by atoms with E-state index in [1.165, 1.54) is 7.11 Å². The van der Waals surface area contributed by atoms with Crippen molar-refractivity contribution in [1.29, 1.82) is 0 Å². The fraction of sp³-hybridized carbons (Fsp3) is 0.421. The molecule has 0 unspecified atom stereocenters. The number of ketones is 1. The molecular weight excluding hydrogens is 378 g/mol. The molecule has 29 heavy (non-hydrogen) atoms. The van der Waals surface area contributed by atoms with Crippen molar-refractivity contribution in [3.8, 4) is 5.75 Å². The van der Waals surface area contributed by atoms with E-state index in [9.17, 15) is 19.5 Å². The van der Waals surface area contributed by atoms with Gasteiger partial charge in [-0.15, -0.1) is 0 Å². The van der Waals surface area contributed by atoms with Crippen LogP contribution in [0.3, 0.4) is 0 Å². The summed E-state index contributed by atoms with van der Waals surface area (Å²) in [5.41, 5.74) is 5.34. The first kappa shape index (κ1) is 20.6. The number of phenols is 1. The molecule has 2 heterocycles. The Morgan fingerprint density at radius 3 is 2.45 bits per heavy atom. The molecule has 1 fully saturated rings. The molecule has 1 aliphatic heterocycles. The number of carbonyl (C=O) groups is 1. The minimum atomic E-state index is -0.770. The molecule has 0 radical (unpaired) electrons. The van der Waals surface area contributed by atoms with Crippen LogP contribution in [0.2, 0.25) is 0 Å². The van der Waals surface area contributed by atoms with Crippen LogP contribution in [0.25, 0.3) is 0 Å². The number of methoxy groups -OCH3 is 1. The van der Waals surface area contributed by atoms with E-state index in [0.29, 0.717) is 26.2 Å². The first-order chi connectivity index (χ1) is 13.9. The predicted octanol–water partition coefficient (Wildman–Crippen LogP) is -0.524. The second kappa shape index (κ2) is 8.93. The van der Waals surface area contributed by atoms with Crippen LogP contribution in [0.4, 0.5) is 11.5 Å². The highest BCUT2D eigenvalue weighted by atomic mass is 16.5. The monoisotopic (exact) mass is 403 g/mol. The maximum Gasteiger partial charge on any atom is 0.330 e. The van der Waals surface area contributed by atoms with E-state index >= 15 is 0 Å². The highest BCUT2D eigenvalue weighted by Gasteiger charge is 2.24. The van der Waals surface area contributed by atoms with E-state index < -0.39 is 17.0 Å². The maximum absolute atomic E-state index is 12.8. The SMILES string of the molecule is COCCn1c(N)c(C(=O)CN2CCN(c3ccc(O)cc3)CC2)c(=O)[nH]c1=O. The number of ether oxygens (including phenoxy) is 1. The Hall–Kier alpha value is -3.11. The third-order valence-corrected chi connectivity index (χ3v) is 4.99. The van der Waals surface area contributed by atoms with Gasteiger partial charge in [-0.3, -0.25) is 24.0 Å². The molecule has 0 bridgehead atoms. The number of Topliss-reactive ketones (excluding diaryl/α,β-unsaturated/α-hetero) is 1. The molecule has 3 rings (SSSR count). The van der Waals surface area contributed by atoms with Gasteiger partial charge < -0.3 is 20.5 Å². The number of H-pyrrole nitrogens is 1. The molecule has 1 aliphatic rings. The van der Waals surface area contributed by atoms with Gasteiger partial charge in [0.1, 0.15) is 17.1 Å². The number of aromatic nitrogens is 2. The number of anilines is 2. The molecule has 0 aliphatic carbocycles. The lowest BCUT2D eigenvalue weighted by atomic mass is 10.1. The van der Waals surface area contributed by atoms with Gasteiger partial charge in [0.05, 0.1) is 19.7 Å². The number of aromatic hydroxyl groups is 1. The highest BCUT2D eigenvalue weighted by molar-refractivity contribution is 6.01. The van der Waals surface area contributed by atoms with Crippen LogP contribution in [-0.2, 0) is 11.3 Å². The maximum atomic E-state index is 12.8. The van der Waals surface area contributed by atoms with Crippen LogP contribution in [0.1, 0.15) is 10.4 Å².